The summed E-state index contributed by atoms with van der Waals surface area (Å²) < 4.78 is 27.8. The smallest absolute Gasteiger partial charge is 0.266 e. The molecule has 1 heterocycles. The van der Waals surface area contributed by atoms with Crippen molar-refractivity contribution in [1.82, 2.24) is 13.9 Å². The van der Waals surface area contributed by atoms with E-state index in [1.54, 1.807) is 43.3 Å². The summed E-state index contributed by atoms with van der Waals surface area (Å²) in [5, 5.41) is 9.75. The third-order valence-electron chi connectivity index (χ3n) is 5.06. The first-order valence-corrected chi connectivity index (χ1v) is 12.5. The van der Waals surface area contributed by atoms with Crippen molar-refractivity contribution < 1.29 is 13.2 Å². The van der Waals surface area contributed by atoms with Crippen LogP contribution in [0.2, 0.25) is 0 Å². The van der Waals surface area contributed by atoms with Crippen molar-refractivity contribution in [2.45, 2.75) is 23.9 Å². The van der Waals surface area contributed by atoms with Crippen LogP contribution in [0.4, 0.5) is 0 Å². The highest BCUT2D eigenvalue weighted by Crippen LogP contribution is 2.26. The zero-order valence-corrected chi connectivity index (χ0v) is 20.7. The molecule has 0 aliphatic carbocycles. The molecule has 176 valence electrons. The van der Waals surface area contributed by atoms with Gasteiger partial charge in [0.1, 0.15) is 11.6 Å². The third-order valence-corrected chi connectivity index (χ3v) is 7.81. The van der Waals surface area contributed by atoms with Crippen molar-refractivity contribution in [1.29, 1.82) is 5.26 Å². The van der Waals surface area contributed by atoms with Crippen LogP contribution < -0.4 is 11.3 Å². The fourth-order valence-electron chi connectivity index (χ4n) is 3.20. The maximum atomic E-state index is 13.5. The standard InChI is InChI=1S/C23H23N5O4S2/c1-14-9-10-16(34(31,32)27(3)4)11-20(14)28-22(30)17-7-5-6-8-19(17)26-23(28)33-13-21(29)18(12-24)15(2)25/h5-11H,13,25H2,1-4H3/b18-15-. The first-order valence-electron chi connectivity index (χ1n) is 10.1. The fraction of sp³-hybridized carbons (Fsp3) is 0.217. The van der Waals surface area contributed by atoms with E-state index in [2.05, 4.69) is 4.98 Å². The van der Waals surface area contributed by atoms with Gasteiger partial charge in [-0.1, -0.05) is 30.0 Å². The number of nitriles is 1. The van der Waals surface area contributed by atoms with Crippen molar-refractivity contribution in [3.05, 3.63) is 69.7 Å². The number of ketones is 1. The number of benzene rings is 2. The second kappa shape index (κ2) is 9.80. The van der Waals surface area contributed by atoms with Crippen LogP contribution in [-0.2, 0) is 14.8 Å². The van der Waals surface area contributed by atoms with E-state index in [4.69, 9.17) is 5.73 Å². The molecule has 0 saturated heterocycles. The highest BCUT2D eigenvalue weighted by Gasteiger charge is 2.22. The zero-order chi connectivity index (χ0) is 25.2. The maximum absolute atomic E-state index is 13.5. The summed E-state index contributed by atoms with van der Waals surface area (Å²) in [6, 6.07) is 13.1. The minimum atomic E-state index is -3.76. The van der Waals surface area contributed by atoms with Crippen LogP contribution in [0.15, 0.2) is 68.6 Å². The zero-order valence-electron chi connectivity index (χ0n) is 19.1. The van der Waals surface area contributed by atoms with Crippen LogP contribution in [0.25, 0.3) is 16.6 Å². The van der Waals surface area contributed by atoms with Gasteiger partial charge in [0.2, 0.25) is 10.0 Å². The Hall–Kier alpha value is -3.46. The predicted molar refractivity (Wildman–Crippen MR) is 131 cm³/mol. The number of nitrogens with two attached hydrogens (primary N) is 1. The lowest BCUT2D eigenvalue weighted by molar-refractivity contribution is -0.112. The molecule has 11 heteroatoms. The Morgan fingerprint density at radius 1 is 1.24 bits per heavy atom. The number of allylic oxidation sites excluding steroid dienone is 2. The number of nitrogens with zero attached hydrogens (tertiary/aromatic N) is 4. The van der Waals surface area contributed by atoms with Crippen LogP contribution in [-0.4, -0.2) is 47.9 Å². The molecule has 0 aliphatic rings. The molecule has 9 nitrogen and oxygen atoms in total. The van der Waals surface area contributed by atoms with Gasteiger partial charge in [-0.3, -0.25) is 14.2 Å². The summed E-state index contributed by atoms with van der Waals surface area (Å²) in [6.07, 6.45) is 0. The number of aromatic nitrogens is 2. The molecule has 2 aromatic carbocycles. The molecule has 0 spiro atoms. The van der Waals surface area contributed by atoms with E-state index < -0.39 is 21.4 Å². The minimum Gasteiger partial charge on any atom is -0.401 e. The maximum Gasteiger partial charge on any atom is 0.266 e. The topological polar surface area (TPSA) is 139 Å². The quantitative estimate of drug-likeness (QED) is 0.227. The van der Waals surface area contributed by atoms with Gasteiger partial charge in [-0.15, -0.1) is 0 Å². The van der Waals surface area contributed by atoms with Crippen molar-refractivity contribution >= 4 is 38.5 Å². The van der Waals surface area contributed by atoms with Crippen molar-refractivity contribution in [2.24, 2.45) is 5.73 Å². The molecule has 0 radical (unpaired) electrons. The second-order valence-corrected chi connectivity index (χ2v) is 10.8. The van der Waals surface area contributed by atoms with Crippen LogP contribution in [0.3, 0.4) is 0 Å². The number of sulfonamides is 1. The van der Waals surface area contributed by atoms with E-state index in [9.17, 15) is 23.3 Å². The number of thioether (sulfide) groups is 1. The lowest BCUT2D eigenvalue weighted by Crippen LogP contribution is -2.25. The van der Waals surface area contributed by atoms with Crippen LogP contribution in [0.5, 0.6) is 0 Å². The highest BCUT2D eigenvalue weighted by molar-refractivity contribution is 7.99. The molecule has 34 heavy (non-hydrogen) atoms. The van der Waals surface area contributed by atoms with E-state index in [1.165, 1.54) is 37.7 Å². The Kier molecular flexibility index (Phi) is 7.26. The van der Waals surface area contributed by atoms with E-state index >= 15 is 0 Å². The fourth-order valence-corrected chi connectivity index (χ4v) is 5.00. The molecule has 0 fully saturated rings. The van der Waals surface area contributed by atoms with Gasteiger partial charge in [0.15, 0.2) is 10.9 Å². The highest BCUT2D eigenvalue weighted by atomic mass is 32.2. The summed E-state index contributed by atoms with van der Waals surface area (Å²) >= 11 is 0.970. The number of para-hydroxylation sites is 1. The van der Waals surface area contributed by atoms with Crippen molar-refractivity contribution in [3.8, 4) is 11.8 Å². The number of hydrogen-bond acceptors (Lipinski definition) is 8. The molecule has 2 N–H and O–H groups in total. The number of carbonyl (C=O) groups is 1. The van der Waals surface area contributed by atoms with Gasteiger partial charge in [0.25, 0.3) is 5.56 Å². The predicted octanol–water partition coefficient (Wildman–Crippen LogP) is 2.36. The molecule has 1 aromatic heterocycles. The molecule has 0 atom stereocenters. The Labute approximate surface area is 201 Å². The summed E-state index contributed by atoms with van der Waals surface area (Å²) in [5.74, 6) is -0.682. The molecule has 0 unspecified atom stereocenters. The van der Waals surface area contributed by atoms with Crippen LogP contribution >= 0.6 is 11.8 Å². The summed E-state index contributed by atoms with van der Waals surface area (Å²) in [4.78, 5) is 30.6. The van der Waals surface area contributed by atoms with Crippen molar-refractivity contribution in [3.63, 3.8) is 0 Å². The van der Waals surface area contributed by atoms with Gasteiger partial charge >= 0.3 is 0 Å². The van der Waals surface area contributed by atoms with Crippen LogP contribution in [0.1, 0.15) is 12.5 Å². The second-order valence-electron chi connectivity index (χ2n) is 7.67. The van der Waals surface area contributed by atoms with Gasteiger partial charge in [-0.2, -0.15) is 5.26 Å². The Bertz CT molecular complexity index is 1530. The molecule has 3 aromatic rings. The molecular formula is C23H23N5O4S2. The number of Topliss-reactive ketones (excluding diaryl/α,β-unsaturated/α-hetero) is 1. The lowest BCUT2D eigenvalue weighted by atomic mass is 10.2. The molecule has 0 aliphatic heterocycles. The number of rotatable bonds is 7. The third kappa shape index (κ3) is 4.75. The molecule has 0 saturated carbocycles. The van der Waals surface area contributed by atoms with E-state index in [1.807, 2.05) is 0 Å². The number of carbonyl (C=O) groups excluding carboxylic acids is 1. The van der Waals surface area contributed by atoms with Gasteiger partial charge in [0, 0.05) is 19.8 Å². The minimum absolute atomic E-state index is 0.0126. The average Bonchev–Trinajstić information content (AvgIpc) is 2.78. The first-order chi connectivity index (χ1) is 16.0. The first kappa shape index (κ1) is 25.2. The Morgan fingerprint density at radius 2 is 1.91 bits per heavy atom. The van der Waals surface area contributed by atoms with Gasteiger partial charge in [-0.25, -0.2) is 17.7 Å². The number of fused-ring (bicyclic) bond motifs is 1. The monoisotopic (exact) mass is 497 g/mol. The SMILES string of the molecule is C/C(N)=C(\C#N)C(=O)CSc1nc2ccccc2c(=O)n1-c1cc(S(=O)(=O)N(C)C)ccc1C. The number of hydrogen-bond donors (Lipinski definition) is 1. The largest absolute Gasteiger partial charge is 0.401 e. The van der Waals surface area contributed by atoms with Gasteiger partial charge in [0.05, 0.1) is 27.2 Å². The molecular weight excluding hydrogens is 474 g/mol. The summed E-state index contributed by atoms with van der Waals surface area (Å²) in [6.45, 7) is 3.21. The summed E-state index contributed by atoms with van der Waals surface area (Å²) in [5.41, 5.74) is 6.57. The Balaban J connectivity index is 2.25. The Morgan fingerprint density at radius 3 is 2.53 bits per heavy atom. The molecule has 3 rings (SSSR count). The van der Waals surface area contributed by atoms with E-state index in [0.717, 1.165) is 16.1 Å². The van der Waals surface area contributed by atoms with Gasteiger partial charge in [-0.05, 0) is 43.7 Å². The van der Waals surface area contributed by atoms with Crippen LogP contribution in [0, 0.1) is 18.3 Å². The lowest BCUT2D eigenvalue weighted by Gasteiger charge is -2.17. The molecule has 0 bridgehead atoms. The van der Waals surface area contributed by atoms with Crippen molar-refractivity contribution in [2.75, 3.05) is 19.8 Å². The van der Waals surface area contributed by atoms with Gasteiger partial charge < -0.3 is 5.73 Å². The van der Waals surface area contributed by atoms with E-state index in [-0.39, 0.29) is 27.1 Å². The summed E-state index contributed by atoms with van der Waals surface area (Å²) in [7, 11) is -0.918. The number of aryl methyl sites for hydroxylation is 1. The normalized spacial score (nSPS) is 12.5. The van der Waals surface area contributed by atoms with E-state index in [0.29, 0.717) is 22.2 Å². The molecule has 0 amide bonds. The average molecular weight is 498 g/mol.